The topological polar surface area (TPSA) is 38.8 Å². The quantitative estimate of drug-likeness (QED) is 0.786. The Kier molecular flexibility index (Phi) is 4.90. The number of hydrogen-bond donors (Lipinski definition) is 1. The maximum absolute atomic E-state index is 13.1. The first-order valence-electron chi connectivity index (χ1n) is 9.29. The van der Waals surface area contributed by atoms with Gasteiger partial charge in [0.15, 0.2) is 0 Å². The fraction of sp³-hybridized carbons (Fsp3) is 0.526. The van der Waals surface area contributed by atoms with Gasteiger partial charge in [0.2, 0.25) is 5.91 Å². The molecule has 1 aromatic rings. The number of para-hydroxylation sites is 1. The van der Waals surface area contributed by atoms with Gasteiger partial charge in [-0.3, -0.25) is 9.80 Å². The van der Waals surface area contributed by atoms with Crippen molar-refractivity contribution in [2.45, 2.75) is 62.8 Å². The lowest BCUT2D eigenvalue weighted by Gasteiger charge is -2.47. The molecule has 4 rings (SSSR count). The molecule has 3 aliphatic rings. The highest BCUT2D eigenvalue weighted by atomic mass is 32.2. The SMILES string of the molecule is CC(SN1C=CN(c2ccccc2)N1)C(=O)N(C1CCC1)C1CCC1. The van der Waals surface area contributed by atoms with Crippen LogP contribution < -0.4 is 10.5 Å². The van der Waals surface area contributed by atoms with Crippen LogP contribution in [0.25, 0.3) is 0 Å². The molecule has 0 saturated heterocycles. The number of carbonyl (C=O) groups is 1. The normalized spacial score (nSPS) is 21.8. The van der Waals surface area contributed by atoms with Gasteiger partial charge in [-0.1, -0.05) is 18.2 Å². The fourth-order valence-electron chi connectivity index (χ4n) is 3.50. The maximum atomic E-state index is 13.1. The Balaban J connectivity index is 1.34. The highest BCUT2D eigenvalue weighted by Crippen LogP contribution is 2.35. The average Bonchev–Trinajstić information content (AvgIpc) is 2.99. The summed E-state index contributed by atoms with van der Waals surface area (Å²) in [6.07, 6.45) is 11.2. The highest BCUT2D eigenvalue weighted by Gasteiger charge is 2.39. The molecule has 1 amide bonds. The molecule has 25 heavy (non-hydrogen) atoms. The lowest BCUT2D eigenvalue weighted by Crippen LogP contribution is -2.55. The predicted molar refractivity (Wildman–Crippen MR) is 102 cm³/mol. The van der Waals surface area contributed by atoms with Crippen molar-refractivity contribution >= 4 is 23.5 Å². The van der Waals surface area contributed by atoms with E-state index < -0.39 is 0 Å². The molecule has 0 spiro atoms. The molecule has 2 fully saturated rings. The van der Waals surface area contributed by atoms with Crippen LogP contribution in [0.5, 0.6) is 0 Å². The van der Waals surface area contributed by atoms with Gasteiger partial charge in [0.1, 0.15) is 5.25 Å². The van der Waals surface area contributed by atoms with Crippen LogP contribution in [0.2, 0.25) is 0 Å². The molecular formula is C19H26N4OS. The summed E-state index contributed by atoms with van der Waals surface area (Å²) < 4.78 is 1.93. The fourth-order valence-corrected chi connectivity index (χ4v) is 4.32. The first-order valence-corrected chi connectivity index (χ1v) is 10.1. The molecule has 1 atom stereocenters. The van der Waals surface area contributed by atoms with Crippen LogP contribution in [-0.2, 0) is 4.79 Å². The zero-order chi connectivity index (χ0) is 17.2. The molecule has 0 bridgehead atoms. The van der Waals surface area contributed by atoms with E-state index in [1.807, 2.05) is 46.9 Å². The lowest BCUT2D eigenvalue weighted by atomic mass is 9.84. The molecule has 0 radical (unpaired) electrons. The van der Waals surface area contributed by atoms with Gasteiger partial charge >= 0.3 is 0 Å². The average molecular weight is 359 g/mol. The Bertz CT molecular complexity index is 616. The van der Waals surface area contributed by atoms with E-state index in [0.29, 0.717) is 18.0 Å². The molecule has 2 saturated carbocycles. The standard InChI is InChI=1S/C19H26N4OS/c1-15(19(24)23(17-9-5-10-17)18-11-6-12-18)25-22-14-13-21(20-22)16-7-3-2-4-8-16/h2-4,7-8,13-15,17-18,20H,5-6,9-12H2,1H3. The Morgan fingerprint density at radius 1 is 1.12 bits per heavy atom. The van der Waals surface area contributed by atoms with Crippen LogP contribution in [-0.4, -0.2) is 32.6 Å². The summed E-state index contributed by atoms with van der Waals surface area (Å²) in [5, 5.41) is 1.87. The summed E-state index contributed by atoms with van der Waals surface area (Å²) in [7, 11) is 0. The van der Waals surface area contributed by atoms with E-state index >= 15 is 0 Å². The Morgan fingerprint density at radius 2 is 1.76 bits per heavy atom. The van der Waals surface area contributed by atoms with Gasteiger partial charge < -0.3 is 4.90 Å². The van der Waals surface area contributed by atoms with Crippen molar-refractivity contribution in [2.24, 2.45) is 0 Å². The van der Waals surface area contributed by atoms with Crippen LogP contribution in [0, 0.1) is 0 Å². The van der Waals surface area contributed by atoms with Crippen molar-refractivity contribution in [1.29, 1.82) is 0 Å². The van der Waals surface area contributed by atoms with E-state index in [2.05, 4.69) is 22.6 Å². The minimum absolute atomic E-state index is 0.0888. The molecule has 1 unspecified atom stereocenters. The van der Waals surface area contributed by atoms with Gasteiger partial charge in [-0.15, -0.1) is 5.53 Å². The highest BCUT2D eigenvalue weighted by molar-refractivity contribution is 7.98. The number of anilines is 1. The second-order valence-electron chi connectivity index (χ2n) is 7.09. The van der Waals surface area contributed by atoms with Gasteiger partial charge in [-0.05, 0) is 69.5 Å². The molecule has 2 aliphatic carbocycles. The van der Waals surface area contributed by atoms with Crippen molar-refractivity contribution < 1.29 is 4.79 Å². The molecule has 1 N–H and O–H groups in total. The number of hydrazine groups is 2. The molecule has 1 heterocycles. The van der Waals surface area contributed by atoms with Crippen molar-refractivity contribution in [3.8, 4) is 0 Å². The molecule has 1 aliphatic heterocycles. The summed E-state index contributed by atoms with van der Waals surface area (Å²) in [5.41, 5.74) is 4.37. The van der Waals surface area contributed by atoms with Gasteiger partial charge in [0, 0.05) is 24.5 Å². The Morgan fingerprint density at radius 3 is 2.32 bits per heavy atom. The zero-order valence-corrected chi connectivity index (χ0v) is 15.5. The van der Waals surface area contributed by atoms with E-state index in [1.165, 1.54) is 38.5 Å². The van der Waals surface area contributed by atoms with Crippen LogP contribution >= 0.6 is 11.9 Å². The summed E-state index contributed by atoms with van der Waals surface area (Å²) in [5.74, 6) is 0.299. The zero-order valence-electron chi connectivity index (χ0n) is 14.7. The van der Waals surface area contributed by atoms with E-state index in [0.717, 1.165) is 5.69 Å². The molecule has 0 aromatic heterocycles. The molecular weight excluding hydrogens is 332 g/mol. The first kappa shape index (κ1) is 16.8. The van der Waals surface area contributed by atoms with E-state index in [9.17, 15) is 4.79 Å². The second-order valence-corrected chi connectivity index (χ2v) is 8.40. The summed E-state index contributed by atoms with van der Waals surface area (Å²) in [6, 6.07) is 11.1. The summed E-state index contributed by atoms with van der Waals surface area (Å²) in [4.78, 5) is 15.3. The van der Waals surface area contributed by atoms with Crippen LogP contribution in [0.1, 0.15) is 45.4 Å². The number of rotatable bonds is 6. The molecule has 134 valence electrons. The minimum atomic E-state index is -0.0888. The van der Waals surface area contributed by atoms with Crippen molar-refractivity contribution in [1.82, 2.24) is 14.8 Å². The Labute approximate surface area is 154 Å². The van der Waals surface area contributed by atoms with Crippen LogP contribution in [0.15, 0.2) is 42.7 Å². The van der Waals surface area contributed by atoms with E-state index in [-0.39, 0.29) is 5.25 Å². The van der Waals surface area contributed by atoms with Crippen LogP contribution in [0.3, 0.4) is 0 Å². The van der Waals surface area contributed by atoms with Crippen LogP contribution in [0.4, 0.5) is 5.69 Å². The smallest absolute Gasteiger partial charge is 0.237 e. The van der Waals surface area contributed by atoms with Crippen molar-refractivity contribution in [3.05, 3.63) is 42.7 Å². The second kappa shape index (κ2) is 7.30. The van der Waals surface area contributed by atoms with Gasteiger partial charge in [0.05, 0.1) is 5.69 Å². The number of nitrogens with zero attached hydrogens (tertiary/aromatic N) is 3. The largest absolute Gasteiger partial charge is 0.336 e. The number of amides is 1. The van der Waals surface area contributed by atoms with Gasteiger partial charge in [-0.25, -0.2) is 4.41 Å². The maximum Gasteiger partial charge on any atom is 0.237 e. The minimum Gasteiger partial charge on any atom is -0.336 e. The summed E-state index contributed by atoms with van der Waals surface area (Å²) >= 11 is 1.55. The third-order valence-electron chi connectivity index (χ3n) is 5.40. The van der Waals surface area contributed by atoms with Crippen molar-refractivity contribution in [3.63, 3.8) is 0 Å². The van der Waals surface area contributed by atoms with Gasteiger partial charge in [0.25, 0.3) is 0 Å². The first-order chi connectivity index (χ1) is 12.2. The predicted octanol–water partition coefficient (Wildman–Crippen LogP) is 3.67. The number of hydrogen-bond acceptors (Lipinski definition) is 5. The number of carbonyl (C=O) groups excluding carboxylic acids is 1. The molecule has 5 nitrogen and oxygen atoms in total. The molecule has 1 aromatic carbocycles. The third-order valence-corrected chi connectivity index (χ3v) is 6.35. The van der Waals surface area contributed by atoms with Gasteiger partial charge in [-0.2, -0.15) is 0 Å². The Hall–Kier alpha value is -1.66. The summed E-state index contributed by atoms with van der Waals surface area (Å²) in [6.45, 7) is 2.03. The number of benzene rings is 1. The lowest BCUT2D eigenvalue weighted by molar-refractivity contribution is -0.139. The number of nitrogens with one attached hydrogen (secondary N) is 1. The monoisotopic (exact) mass is 358 g/mol. The van der Waals surface area contributed by atoms with E-state index in [4.69, 9.17) is 0 Å². The third kappa shape index (κ3) is 3.51. The van der Waals surface area contributed by atoms with Crippen molar-refractivity contribution in [2.75, 3.05) is 5.01 Å². The van der Waals surface area contributed by atoms with E-state index in [1.54, 1.807) is 11.9 Å². The molecule has 6 heteroatoms.